The van der Waals surface area contributed by atoms with Gasteiger partial charge in [0.05, 0.1) is 17.4 Å². The molecular formula is C15H13FN4. The lowest BCUT2D eigenvalue weighted by Gasteiger charge is -2.19. The van der Waals surface area contributed by atoms with E-state index in [1.54, 1.807) is 6.07 Å². The van der Waals surface area contributed by atoms with Crippen molar-refractivity contribution in [1.82, 2.24) is 15.0 Å². The van der Waals surface area contributed by atoms with Crippen LogP contribution in [0, 0.1) is 12.9 Å². The van der Waals surface area contributed by atoms with E-state index in [0.29, 0.717) is 5.82 Å². The van der Waals surface area contributed by atoms with Gasteiger partial charge < -0.3 is 4.90 Å². The van der Waals surface area contributed by atoms with Crippen LogP contribution in [0.5, 0.6) is 0 Å². The number of halogens is 1. The topological polar surface area (TPSA) is 41.9 Å². The van der Waals surface area contributed by atoms with Crippen LogP contribution in [0.25, 0.3) is 10.9 Å². The predicted molar refractivity (Wildman–Crippen MR) is 76.5 cm³/mol. The molecule has 100 valence electrons. The van der Waals surface area contributed by atoms with E-state index < -0.39 is 5.95 Å². The smallest absolute Gasteiger partial charge is 0.212 e. The van der Waals surface area contributed by atoms with Crippen LogP contribution in [0.1, 0.15) is 5.82 Å². The van der Waals surface area contributed by atoms with Crippen molar-refractivity contribution < 1.29 is 4.39 Å². The molecule has 1 aromatic carbocycles. The number of benzene rings is 1. The minimum Gasteiger partial charge on any atom is -0.327 e. The van der Waals surface area contributed by atoms with Crippen molar-refractivity contribution in [2.24, 2.45) is 0 Å². The maximum Gasteiger partial charge on any atom is 0.212 e. The fraction of sp³-hybridized carbons (Fsp3) is 0.133. The number of nitrogens with zero attached hydrogens (tertiary/aromatic N) is 4. The van der Waals surface area contributed by atoms with Crippen LogP contribution in [0.2, 0.25) is 0 Å². The minimum atomic E-state index is -0.495. The standard InChI is InChI=1S/C15H13FN4/c1-10-18-13-6-4-3-5-12(13)15(19-10)20(2)11-7-8-14(16)17-9-11/h3-9H,1-2H3/i16-1. The van der Waals surface area contributed by atoms with Crippen LogP contribution in [-0.2, 0) is 0 Å². The Morgan fingerprint density at radius 1 is 1.05 bits per heavy atom. The van der Waals surface area contributed by atoms with E-state index in [4.69, 9.17) is 0 Å². The maximum atomic E-state index is 12.9. The highest BCUT2D eigenvalue weighted by atomic mass is 18.2. The third-order valence-corrected chi connectivity index (χ3v) is 3.11. The van der Waals surface area contributed by atoms with Crippen molar-refractivity contribution in [2.45, 2.75) is 6.92 Å². The molecule has 0 radical (unpaired) electrons. The first kappa shape index (κ1) is 12.5. The average molecular weight is 267 g/mol. The van der Waals surface area contributed by atoms with Crippen molar-refractivity contribution >= 4 is 22.4 Å². The van der Waals surface area contributed by atoms with E-state index in [1.807, 2.05) is 43.1 Å². The van der Waals surface area contributed by atoms with Crippen molar-refractivity contribution in [1.29, 1.82) is 0 Å². The highest BCUT2D eigenvalue weighted by Crippen LogP contribution is 2.28. The van der Waals surface area contributed by atoms with E-state index >= 15 is 0 Å². The maximum absolute atomic E-state index is 12.9. The van der Waals surface area contributed by atoms with Gasteiger partial charge in [-0.15, -0.1) is 0 Å². The SMILES string of the molecule is Cc1nc(N(C)c2ccc([18F])nc2)c2ccccc2n1. The first-order chi connectivity index (χ1) is 9.65. The molecule has 3 aromatic rings. The minimum absolute atomic E-state index is 0.495. The summed E-state index contributed by atoms with van der Waals surface area (Å²) < 4.78 is 12.9. The number of pyridine rings is 1. The molecule has 4 nitrogen and oxygen atoms in total. The van der Waals surface area contributed by atoms with Crippen LogP contribution in [0.15, 0.2) is 42.6 Å². The summed E-state index contributed by atoms with van der Waals surface area (Å²) in [6.45, 7) is 1.85. The van der Waals surface area contributed by atoms with Gasteiger partial charge in [0.25, 0.3) is 0 Å². The van der Waals surface area contributed by atoms with Gasteiger partial charge in [0.1, 0.15) is 11.6 Å². The first-order valence-corrected chi connectivity index (χ1v) is 6.24. The largest absolute Gasteiger partial charge is 0.327 e. The second kappa shape index (κ2) is 4.85. The first-order valence-electron chi connectivity index (χ1n) is 6.24. The van der Waals surface area contributed by atoms with Crippen LogP contribution in [0.3, 0.4) is 0 Å². The van der Waals surface area contributed by atoms with Gasteiger partial charge in [-0.3, -0.25) is 0 Å². The summed E-state index contributed by atoms with van der Waals surface area (Å²) in [5.41, 5.74) is 1.66. The highest BCUT2D eigenvalue weighted by molar-refractivity contribution is 5.91. The van der Waals surface area contributed by atoms with E-state index in [0.717, 1.165) is 22.4 Å². The molecule has 0 atom stereocenters. The Bertz CT molecular complexity index is 755. The molecule has 0 N–H and O–H groups in total. The normalized spacial score (nSPS) is 10.8. The zero-order valence-electron chi connectivity index (χ0n) is 11.2. The summed E-state index contributed by atoms with van der Waals surface area (Å²) >= 11 is 0. The average Bonchev–Trinajstić information content (AvgIpc) is 2.46. The Hall–Kier alpha value is -2.56. The molecule has 0 spiro atoms. The van der Waals surface area contributed by atoms with E-state index in [1.165, 1.54) is 12.3 Å². The zero-order chi connectivity index (χ0) is 14.1. The zero-order valence-corrected chi connectivity index (χ0v) is 11.2. The van der Waals surface area contributed by atoms with Gasteiger partial charge in [-0.05, 0) is 31.2 Å². The van der Waals surface area contributed by atoms with Gasteiger partial charge >= 0.3 is 0 Å². The van der Waals surface area contributed by atoms with Crippen LogP contribution in [0.4, 0.5) is 15.9 Å². The molecule has 0 aliphatic rings. The van der Waals surface area contributed by atoms with Gasteiger partial charge in [0.2, 0.25) is 5.95 Å². The van der Waals surface area contributed by atoms with Crippen molar-refractivity contribution in [3.8, 4) is 0 Å². The fourth-order valence-electron chi connectivity index (χ4n) is 2.12. The quantitative estimate of drug-likeness (QED) is 0.668. The molecule has 2 aromatic heterocycles. The van der Waals surface area contributed by atoms with E-state index in [-0.39, 0.29) is 0 Å². The van der Waals surface area contributed by atoms with Gasteiger partial charge in [-0.25, -0.2) is 15.0 Å². The van der Waals surface area contributed by atoms with Crippen molar-refractivity contribution in [3.63, 3.8) is 0 Å². The van der Waals surface area contributed by atoms with E-state index in [2.05, 4.69) is 15.0 Å². The molecule has 3 rings (SSSR count). The molecule has 0 amide bonds. The van der Waals surface area contributed by atoms with E-state index in [9.17, 15) is 4.39 Å². The number of hydrogen-bond donors (Lipinski definition) is 0. The second-order valence-electron chi connectivity index (χ2n) is 4.51. The number of aryl methyl sites for hydroxylation is 1. The molecule has 2 heterocycles. The highest BCUT2D eigenvalue weighted by Gasteiger charge is 2.11. The number of anilines is 2. The van der Waals surface area contributed by atoms with Crippen LogP contribution in [-0.4, -0.2) is 22.0 Å². The molecule has 0 unspecified atom stereocenters. The lowest BCUT2D eigenvalue weighted by Crippen LogP contribution is -2.13. The summed E-state index contributed by atoms with van der Waals surface area (Å²) in [7, 11) is 1.88. The number of hydrogen-bond acceptors (Lipinski definition) is 4. The van der Waals surface area contributed by atoms with Crippen molar-refractivity contribution in [2.75, 3.05) is 11.9 Å². The third-order valence-electron chi connectivity index (χ3n) is 3.11. The Morgan fingerprint density at radius 3 is 2.60 bits per heavy atom. The summed E-state index contributed by atoms with van der Waals surface area (Å²) in [6.07, 6.45) is 1.49. The van der Waals surface area contributed by atoms with Gasteiger partial charge in [-0.1, -0.05) is 12.1 Å². The monoisotopic (exact) mass is 267 g/mol. The van der Waals surface area contributed by atoms with Crippen LogP contribution >= 0.6 is 0 Å². The second-order valence-corrected chi connectivity index (χ2v) is 4.51. The molecule has 5 heteroatoms. The third kappa shape index (κ3) is 2.18. The van der Waals surface area contributed by atoms with Gasteiger partial charge in [0, 0.05) is 12.4 Å². The molecule has 0 saturated heterocycles. The number of para-hydroxylation sites is 1. The number of fused-ring (bicyclic) bond motifs is 1. The van der Waals surface area contributed by atoms with Gasteiger partial charge in [-0.2, -0.15) is 4.39 Å². The summed E-state index contributed by atoms with van der Waals surface area (Å²) in [5, 5.41) is 0.949. The lowest BCUT2D eigenvalue weighted by molar-refractivity contribution is 0.584. The summed E-state index contributed by atoms with van der Waals surface area (Å²) in [5.74, 6) is 0.980. The molecule has 0 bridgehead atoms. The van der Waals surface area contributed by atoms with Crippen LogP contribution < -0.4 is 4.90 Å². The fourth-order valence-corrected chi connectivity index (χ4v) is 2.12. The Morgan fingerprint density at radius 2 is 1.85 bits per heavy atom. The summed E-state index contributed by atoms with van der Waals surface area (Å²) in [6, 6.07) is 10.8. The molecule has 0 saturated carbocycles. The molecule has 0 aliphatic carbocycles. The molecule has 0 aliphatic heterocycles. The molecule has 20 heavy (non-hydrogen) atoms. The number of aromatic nitrogens is 3. The lowest BCUT2D eigenvalue weighted by atomic mass is 10.2. The Balaban J connectivity index is 2.15. The Labute approximate surface area is 115 Å². The number of rotatable bonds is 2. The summed E-state index contributed by atoms with van der Waals surface area (Å²) in [4.78, 5) is 14.5. The molecular weight excluding hydrogens is 254 g/mol. The molecule has 0 fully saturated rings. The Kier molecular flexibility index (Phi) is 3.02. The van der Waals surface area contributed by atoms with Gasteiger partial charge in [0.15, 0.2) is 0 Å². The predicted octanol–water partition coefficient (Wildman–Crippen LogP) is 3.24. The van der Waals surface area contributed by atoms with Crippen molar-refractivity contribution in [3.05, 3.63) is 54.4 Å².